The van der Waals surface area contributed by atoms with Crippen molar-refractivity contribution in [3.8, 4) is 6.07 Å². The fourth-order valence-electron chi connectivity index (χ4n) is 4.51. The number of nitrogens with one attached hydrogen (secondary N) is 1. The Morgan fingerprint density at radius 2 is 2.03 bits per heavy atom. The van der Waals surface area contributed by atoms with Crippen molar-refractivity contribution in [1.82, 2.24) is 14.8 Å². The molecule has 1 unspecified atom stereocenters. The maximum absolute atomic E-state index is 12.5. The first-order chi connectivity index (χ1) is 14.6. The predicted octanol–water partition coefficient (Wildman–Crippen LogP) is 3.57. The number of rotatable bonds is 8. The van der Waals surface area contributed by atoms with Gasteiger partial charge in [-0.05, 0) is 83.3 Å². The van der Waals surface area contributed by atoms with Gasteiger partial charge in [0, 0.05) is 31.1 Å². The number of amides is 1. The minimum Gasteiger partial charge on any atom is -0.376 e. The summed E-state index contributed by atoms with van der Waals surface area (Å²) in [5.74, 6) is -0.280. The zero-order chi connectivity index (χ0) is 21.3. The first-order valence-electron chi connectivity index (χ1n) is 11.5. The summed E-state index contributed by atoms with van der Waals surface area (Å²) < 4.78 is 8.00. The Labute approximate surface area is 180 Å². The number of hydrogen-bond acceptors (Lipinski definition) is 4. The molecule has 6 heteroatoms. The van der Waals surface area contributed by atoms with Crippen LogP contribution in [0.2, 0.25) is 0 Å². The summed E-state index contributed by atoms with van der Waals surface area (Å²) >= 11 is 0. The molecule has 2 aliphatic heterocycles. The van der Waals surface area contributed by atoms with Crippen molar-refractivity contribution < 1.29 is 9.53 Å². The molecule has 0 spiro atoms. The zero-order valence-electron chi connectivity index (χ0n) is 18.6. The second-order valence-electron chi connectivity index (χ2n) is 8.61. The van der Waals surface area contributed by atoms with Crippen LogP contribution < -0.4 is 5.32 Å². The number of ether oxygens (including phenoxy) is 1. The topological polar surface area (TPSA) is 70.3 Å². The Kier molecular flexibility index (Phi) is 8.53. The highest BCUT2D eigenvalue weighted by molar-refractivity contribution is 6.01. The van der Waals surface area contributed by atoms with Crippen molar-refractivity contribution in [3.63, 3.8) is 0 Å². The summed E-state index contributed by atoms with van der Waals surface area (Å²) in [4.78, 5) is 15.0. The van der Waals surface area contributed by atoms with E-state index in [9.17, 15) is 10.1 Å². The van der Waals surface area contributed by atoms with Gasteiger partial charge in [-0.3, -0.25) is 4.79 Å². The summed E-state index contributed by atoms with van der Waals surface area (Å²) in [6.45, 7) is 9.72. The third-order valence-electron chi connectivity index (χ3n) is 6.32. The Morgan fingerprint density at radius 1 is 1.27 bits per heavy atom. The predicted molar refractivity (Wildman–Crippen MR) is 119 cm³/mol. The fourth-order valence-corrected chi connectivity index (χ4v) is 4.51. The largest absolute Gasteiger partial charge is 0.376 e. The van der Waals surface area contributed by atoms with Gasteiger partial charge >= 0.3 is 0 Å². The van der Waals surface area contributed by atoms with Gasteiger partial charge in [0.2, 0.25) is 0 Å². The van der Waals surface area contributed by atoms with Gasteiger partial charge in [-0.25, -0.2) is 0 Å². The van der Waals surface area contributed by atoms with E-state index >= 15 is 0 Å². The standard InChI is InChI=1S/C24H36N4O2/c1-19-15-21(20(2)28(19)18-23-9-7-14-30-23)16-22(17-25)24(29)26-10-8-13-27-11-5-3-4-6-12-27/h15-16,23H,3-14,18H2,1-2H3,(H,26,29)/b22-16+. The molecular weight excluding hydrogens is 376 g/mol. The molecule has 1 aromatic heterocycles. The molecule has 1 aromatic rings. The third-order valence-corrected chi connectivity index (χ3v) is 6.32. The SMILES string of the molecule is Cc1cc(/C=C(\C#N)C(=O)NCCCN2CCCCCC2)c(C)n1CC1CCCO1. The molecule has 2 fully saturated rings. The highest BCUT2D eigenvalue weighted by atomic mass is 16.5. The number of nitriles is 1. The lowest BCUT2D eigenvalue weighted by atomic mass is 10.1. The third kappa shape index (κ3) is 6.20. The van der Waals surface area contributed by atoms with Gasteiger partial charge in [0.15, 0.2) is 0 Å². The maximum Gasteiger partial charge on any atom is 0.261 e. The molecule has 0 bridgehead atoms. The number of hydrogen-bond donors (Lipinski definition) is 1. The lowest BCUT2D eigenvalue weighted by Crippen LogP contribution is -2.31. The van der Waals surface area contributed by atoms with E-state index in [2.05, 4.69) is 27.8 Å². The number of likely N-dealkylation sites (tertiary alicyclic amines) is 1. The normalized spacial score (nSPS) is 20.7. The molecule has 0 aliphatic carbocycles. The van der Waals surface area contributed by atoms with Crippen LogP contribution in [0.25, 0.3) is 6.08 Å². The van der Waals surface area contributed by atoms with Crippen LogP contribution in [0.1, 0.15) is 61.9 Å². The number of aromatic nitrogens is 1. The van der Waals surface area contributed by atoms with Crippen molar-refractivity contribution in [2.24, 2.45) is 0 Å². The monoisotopic (exact) mass is 412 g/mol. The Bertz CT molecular complexity index is 776. The average Bonchev–Trinajstić information content (AvgIpc) is 3.24. The van der Waals surface area contributed by atoms with Crippen LogP contribution in [0.5, 0.6) is 0 Å². The van der Waals surface area contributed by atoms with Crippen molar-refractivity contribution in [2.45, 2.75) is 71.4 Å². The van der Waals surface area contributed by atoms with Crippen molar-refractivity contribution in [3.05, 3.63) is 28.6 Å². The molecule has 1 N–H and O–H groups in total. The van der Waals surface area contributed by atoms with Crippen LogP contribution in [0.3, 0.4) is 0 Å². The maximum atomic E-state index is 12.5. The summed E-state index contributed by atoms with van der Waals surface area (Å²) in [7, 11) is 0. The number of carbonyl (C=O) groups excluding carboxylic acids is 1. The van der Waals surface area contributed by atoms with E-state index in [1.165, 1.54) is 38.8 Å². The van der Waals surface area contributed by atoms with Gasteiger partial charge in [0.1, 0.15) is 11.6 Å². The molecule has 3 heterocycles. The van der Waals surface area contributed by atoms with Crippen LogP contribution in [-0.4, -0.2) is 54.3 Å². The van der Waals surface area contributed by atoms with E-state index < -0.39 is 0 Å². The van der Waals surface area contributed by atoms with Gasteiger partial charge in [0.05, 0.1) is 6.10 Å². The highest BCUT2D eigenvalue weighted by Gasteiger charge is 2.19. The molecule has 1 amide bonds. The average molecular weight is 413 g/mol. The molecule has 0 aromatic carbocycles. The zero-order valence-corrected chi connectivity index (χ0v) is 18.6. The molecular formula is C24H36N4O2. The van der Waals surface area contributed by atoms with Gasteiger partial charge < -0.3 is 19.5 Å². The second kappa shape index (κ2) is 11.3. The van der Waals surface area contributed by atoms with Crippen LogP contribution in [0.15, 0.2) is 11.6 Å². The van der Waals surface area contributed by atoms with E-state index in [1.54, 1.807) is 6.08 Å². The van der Waals surface area contributed by atoms with Crippen molar-refractivity contribution >= 4 is 12.0 Å². The molecule has 30 heavy (non-hydrogen) atoms. The van der Waals surface area contributed by atoms with E-state index in [0.29, 0.717) is 6.54 Å². The lowest BCUT2D eigenvalue weighted by Gasteiger charge is -2.19. The molecule has 0 saturated carbocycles. The Balaban J connectivity index is 1.54. The smallest absolute Gasteiger partial charge is 0.261 e. The molecule has 0 radical (unpaired) electrons. The van der Waals surface area contributed by atoms with Crippen molar-refractivity contribution in [2.75, 3.05) is 32.8 Å². The summed E-state index contributed by atoms with van der Waals surface area (Å²) in [6, 6.07) is 4.13. The summed E-state index contributed by atoms with van der Waals surface area (Å²) in [5.41, 5.74) is 3.30. The van der Waals surface area contributed by atoms with Gasteiger partial charge in [0.25, 0.3) is 5.91 Å². The molecule has 6 nitrogen and oxygen atoms in total. The van der Waals surface area contributed by atoms with E-state index in [4.69, 9.17) is 4.74 Å². The highest BCUT2D eigenvalue weighted by Crippen LogP contribution is 2.22. The molecule has 2 saturated heterocycles. The van der Waals surface area contributed by atoms with Crippen LogP contribution in [-0.2, 0) is 16.1 Å². The molecule has 3 rings (SSSR count). The minimum absolute atomic E-state index is 0.169. The van der Waals surface area contributed by atoms with Crippen LogP contribution >= 0.6 is 0 Å². The second-order valence-corrected chi connectivity index (χ2v) is 8.61. The summed E-state index contributed by atoms with van der Waals surface area (Å²) in [5, 5.41) is 12.5. The minimum atomic E-state index is -0.280. The van der Waals surface area contributed by atoms with Crippen LogP contribution in [0.4, 0.5) is 0 Å². The van der Waals surface area contributed by atoms with Gasteiger partial charge in [-0.15, -0.1) is 0 Å². The summed E-state index contributed by atoms with van der Waals surface area (Å²) in [6.07, 6.45) is 10.3. The van der Waals surface area contributed by atoms with E-state index in [0.717, 1.165) is 55.9 Å². The van der Waals surface area contributed by atoms with Crippen LogP contribution in [0, 0.1) is 25.2 Å². The fraction of sp³-hybridized carbons (Fsp3) is 0.667. The van der Waals surface area contributed by atoms with Gasteiger partial charge in [-0.1, -0.05) is 12.8 Å². The molecule has 2 aliphatic rings. The first-order valence-corrected chi connectivity index (χ1v) is 11.5. The molecule has 164 valence electrons. The Morgan fingerprint density at radius 3 is 2.70 bits per heavy atom. The molecule has 1 atom stereocenters. The van der Waals surface area contributed by atoms with E-state index in [-0.39, 0.29) is 17.6 Å². The first kappa shape index (κ1) is 22.6. The number of nitrogens with zero attached hydrogens (tertiary/aromatic N) is 3. The number of aryl methyl sites for hydroxylation is 1. The Hall–Kier alpha value is -2.10. The van der Waals surface area contributed by atoms with E-state index in [1.807, 2.05) is 13.0 Å². The number of carbonyl (C=O) groups is 1. The lowest BCUT2D eigenvalue weighted by molar-refractivity contribution is -0.117. The quantitative estimate of drug-likeness (QED) is 0.403. The van der Waals surface area contributed by atoms with Crippen molar-refractivity contribution in [1.29, 1.82) is 5.26 Å². The van der Waals surface area contributed by atoms with Gasteiger partial charge in [-0.2, -0.15) is 5.26 Å².